The van der Waals surface area contributed by atoms with E-state index in [4.69, 9.17) is 11.6 Å². The molecule has 0 bridgehead atoms. The lowest BCUT2D eigenvalue weighted by molar-refractivity contribution is -0.117. The van der Waals surface area contributed by atoms with Gasteiger partial charge in [-0.3, -0.25) is 9.69 Å². The molecule has 0 spiro atoms. The fourth-order valence-corrected chi connectivity index (χ4v) is 4.40. The van der Waals surface area contributed by atoms with Gasteiger partial charge in [-0.15, -0.1) is 11.3 Å². The second-order valence-electron chi connectivity index (χ2n) is 6.19. The van der Waals surface area contributed by atoms with Gasteiger partial charge in [0, 0.05) is 15.9 Å². The Morgan fingerprint density at radius 3 is 3.08 bits per heavy atom. The van der Waals surface area contributed by atoms with Crippen LogP contribution in [0, 0.1) is 0 Å². The summed E-state index contributed by atoms with van der Waals surface area (Å²) in [7, 11) is 0. The van der Waals surface area contributed by atoms with Crippen molar-refractivity contribution in [2.75, 3.05) is 18.4 Å². The van der Waals surface area contributed by atoms with E-state index in [0.717, 1.165) is 25.1 Å². The van der Waals surface area contributed by atoms with Crippen molar-refractivity contribution < 1.29 is 4.79 Å². The summed E-state index contributed by atoms with van der Waals surface area (Å²) >= 11 is 7.87. The first kappa shape index (κ1) is 17.2. The summed E-state index contributed by atoms with van der Waals surface area (Å²) in [5.74, 6) is -0.0583. The summed E-state index contributed by atoms with van der Waals surface area (Å²) in [6.45, 7) is 1.29. The second kappa shape index (κ2) is 7.57. The number of nitrogens with zero attached hydrogens (tertiary/aromatic N) is 4. The van der Waals surface area contributed by atoms with Crippen molar-refractivity contribution >= 4 is 34.5 Å². The fourth-order valence-electron chi connectivity index (χ4n) is 3.33. The van der Waals surface area contributed by atoms with Crippen LogP contribution < -0.4 is 5.32 Å². The van der Waals surface area contributed by atoms with Gasteiger partial charge in [0.15, 0.2) is 0 Å². The zero-order chi connectivity index (χ0) is 17.9. The lowest BCUT2D eigenvalue weighted by Crippen LogP contribution is -2.32. The summed E-state index contributed by atoms with van der Waals surface area (Å²) < 4.78 is 1.61. The Morgan fingerprint density at radius 1 is 1.38 bits per heavy atom. The third kappa shape index (κ3) is 3.65. The molecule has 134 valence electrons. The van der Waals surface area contributed by atoms with E-state index in [0.29, 0.717) is 23.3 Å². The van der Waals surface area contributed by atoms with Crippen LogP contribution in [0.4, 0.5) is 5.69 Å². The van der Waals surface area contributed by atoms with Crippen LogP contribution in [0.2, 0.25) is 5.02 Å². The standard InChI is InChI=1S/C18H18ClN5OS/c19-13-5-6-15(24-12-20-11-21-24)14(9-13)22-18(25)10-23-7-1-3-16(23)17-4-2-8-26-17/h2,4-6,8-9,11-12,16H,1,3,7,10H2,(H,22,25)/t16-/m0/s1. The minimum Gasteiger partial charge on any atom is -0.323 e. The van der Waals surface area contributed by atoms with Crippen LogP contribution in [-0.4, -0.2) is 38.7 Å². The minimum absolute atomic E-state index is 0.0583. The van der Waals surface area contributed by atoms with Crippen molar-refractivity contribution in [2.45, 2.75) is 18.9 Å². The number of carbonyl (C=O) groups excluding carboxylic acids is 1. The number of carbonyl (C=O) groups is 1. The highest BCUT2D eigenvalue weighted by Crippen LogP contribution is 2.34. The first-order valence-electron chi connectivity index (χ1n) is 8.42. The molecule has 6 nitrogen and oxygen atoms in total. The number of thiophene rings is 1. The second-order valence-corrected chi connectivity index (χ2v) is 7.61. The van der Waals surface area contributed by atoms with E-state index in [-0.39, 0.29) is 5.91 Å². The predicted molar refractivity (Wildman–Crippen MR) is 103 cm³/mol. The number of likely N-dealkylation sites (tertiary alicyclic amines) is 1. The van der Waals surface area contributed by atoms with E-state index in [1.54, 1.807) is 34.5 Å². The van der Waals surface area contributed by atoms with Crippen LogP contribution in [0.5, 0.6) is 0 Å². The molecule has 0 unspecified atom stereocenters. The molecule has 1 aliphatic rings. The van der Waals surface area contributed by atoms with Crippen molar-refractivity contribution in [3.8, 4) is 5.69 Å². The average Bonchev–Trinajstić information content (AvgIpc) is 3.37. The van der Waals surface area contributed by atoms with Gasteiger partial charge in [0.1, 0.15) is 12.7 Å². The zero-order valence-electron chi connectivity index (χ0n) is 14.0. The number of aromatic nitrogens is 3. The molecule has 4 rings (SSSR count). The van der Waals surface area contributed by atoms with Crippen LogP contribution in [0.1, 0.15) is 23.8 Å². The largest absolute Gasteiger partial charge is 0.323 e. The Morgan fingerprint density at radius 2 is 2.31 bits per heavy atom. The Labute approximate surface area is 160 Å². The minimum atomic E-state index is -0.0583. The van der Waals surface area contributed by atoms with Crippen molar-refractivity contribution in [3.63, 3.8) is 0 Å². The van der Waals surface area contributed by atoms with Gasteiger partial charge in [0.25, 0.3) is 0 Å². The van der Waals surface area contributed by atoms with Crippen molar-refractivity contribution in [1.29, 1.82) is 0 Å². The van der Waals surface area contributed by atoms with Gasteiger partial charge in [0.05, 0.1) is 17.9 Å². The Hall–Kier alpha value is -2.22. The van der Waals surface area contributed by atoms with E-state index in [1.807, 2.05) is 6.07 Å². The van der Waals surface area contributed by atoms with Crippen LogP contribution in [-0.2, 0) is 4.79 Å². The van der Waals surface area contributed by atoms with Gasteiger partial charge in [-0.25, -0.2) is 9.67 Å². The third-order valence-electron chi connectivity index (χ3n) is 4.48. The molecule has 3 heterocycles. The quantitative estimate of drug-likeness (QED) is 0.724. The highest BCUT2D eigenvalue weighted by Gasteiger charge is 2.28. The van der Waals surface area contributed by atoms with Gasteiger partial charge in [-0.05, 0) is 49.0 Å². The molecule has 2 aromatic heterocycles. The molecule has 0 radical (unpaired) electrons. The van der Waals surface area contributed by atoms with Crippen molar-refractivity contribution in [1.82, 2.24) is 19.7 Å². The SMILES string of the molecule is O=C(CN1CCC[C@H]1c1cccs1)Nc1cc(Cl)ccc1-n1cncn1. The summed E-state index contributed by atoms with van der Waals surface area (Å²) in [6, 6.07) is 9.85. The number of nitrogens with one attached hydrogen (secondary N) is 1. The molecule has 8 heteroatoms. The Kier molecular flexibility index (Phi) is 5.01. The molecule has 0 aliphatic carbocycles. The molecular weight excluding hydrogens is 370 g/mol. The Bertz CT molecular complexity index is 881. The highest BCUT2D eigenvalue weighted by molar-refractivity contribution is 7.10. The highest BCUT2D eigenvalue weighted by atomic mass is 35.5. The topological polar surface area (TPSA) is 63.1 Å². The molecule has 3 aromatic rings. The molecule has 1 amide bonds. The number of halogens is 1. The maximum atomic E-state index is 12.7. The fraction of sp³-hybridized carbons (Fsp3) is 0.278. The van der Waals surface area contributed by atoms with Crippen LogP contribution in [0.15, 0.2) is 48.4 Å². The molecule has 1 N–H and O–H groups in total. The predicted octanol–water partition coefficient (Wildman–Crippen LogP) is 3.76. The molecule has 0 saturated carbocycles. The summed E-state index contributed by atoms with van der Waals surface area (Å²) in [5, 5.41) is 9.76. The number of anilines is 1. The van der Waals surface area contributed by atoms with Gasteiger partial charge in [-0.1, -0.05) is 17.7 Å². The van der Waals surface area contributed by atoms with Gasteiger partial charge in [0.2, 0.25) is 5.91 Å². The van der Waals surface area contributed by atoms with Gasteiger partial charge < -0.3 is 5.32 Å². The number of rotatable bonds is 5. The van der Waals surface area contributed by atoms with Crippen LogP contribution in [0.3, 0.4) is 0 Å². The van der Waals surface area contributed by atoms with E-state index in [2.05, 4.69) is 37.8 Å². The summed E-state index contributed by atoms with van der Waals surface area (Å²) in [4.78, 5) is 20.2. The number of hydrogen-bond donors (Lipinski definition) is 1. The smallest absolute Gasteiger partial charge is 0.238 e. The van der Waals surface area contributed by atoms with Crippen LogP contribution >= 0.6 is 22.9 Å². The lowest BCUT2D eigenvalue weighted by Gasteiger charge is -2.23. The number of benzene rings is 1. The van der Waals surface area contributed by atoms with E-state index < -0.39 is 0 Å². The van der Waals surface area contributed by atoms with Gasteiger partial charge >= 0.3 is 0 Å². The summed E-state index contributed by atoms with van der Waals surface area (Å²) in [5.41, 5.74) is 1.36. The first-order valence-corrected chi connectivity index (χ1v) is 9.68. The zero-order valence-corrected chi connectivity index (χ0v) is 15.6. The number of hydrogen-bond acceptors (Lipinski definition) is 5. The molecule has 1 atom stereocenters. The van der Waals surface area contributed by atoms with E-state index in [1.165, 1.54) is 11.2 Å². The summed E-state index contributed by atoms with van der Waals surface area (Å²) in [6.07, 6.45) is 5.24. The lowest BCUT2D eigenvalue weighted by atomic mass is 10.2. The molecule has 1 aliphatic heterocycles. The van der Waals surface area contributed by atoms with Gasteiger partial charge in [-0.2, -0.15) is 5.10 Å². The molecule has 1 fully saturated rings. The van der Waals surface area contributed by atoms with E-state index in [9.17, 15) is 4.79 Å². The molecule has 1 aromatic carbocycles. The maximum Gasteiger partial charge on any atom is 0.238 e. The monoisotopic (exact) mass is 387 g/mol. The van der Waals surface area contributed by atoms with E-state index >= 15 is 0 Å². The van der Waals surface area contributed by atoms with Crippen LogP contribution in [0.25, 0.3) is 5.69 Å². The molecule has 26 heavy (non-hydrogen) atoms. The van der Waals surface area contributed by atoms with Crippen molar-refractivity contribution in [2.24, 2.45) is 0 Å². The molecule has 1 saturated heterocycles. The number of amides is 1. The third-order valence-corrected chi connectivity index (χ3v) is 5.69. The maximum absolute atomic E-state index is 12.7. The normalized spacial score (nSPS) is 17.5. The molecular formula is C18H18ClN5OS. The first-order chi connectivity index (χ1) is 12.7. The van der Waals surface area contributed by atoms with Crippen molar-refractivity contribution in [3.05, 3.63) is 58.3 Å². The average molecular weight is 388 g/mol. The Balaban J connectivity index is 1.49.